The molecule has 0 fully saturated rings. The van der Waals surface area contributed by atoms with Crippen LogP contribution in [-0.4, -0.2) is 24.1 Å². The lowest BCUT2D eigenvalue weighted by molar-refractivity contribution is 0.130. The van der Waals surface area contributed by atoms with Gasteiger partial charge in [-0.3, -0.25) is 0 Å². The lowest BCUT2D eigenvalue weighted by Gasteiger charge is -2.33. The van der Waals surface area contributed by atoms with E-state index in [9.17, 15) is 5.11 Å². The van der Waals surface area contributed by atoms with Gasteiger partial charge in [-0.15, -0.1) is 0 Å². The number of benzene rings is 2. The second-order valence-corrected chi connectivity index (χ2v) is 7.79. The highest BCUT2D eigenvalue weighted by Gasteiger charge is 2.45. The van der Waals surface area contributed by atoms with Gasteiger partial charge in [0, 0.05) is 17.7 Å². The number of rotatable bonds is 0. The van der Waals surface area contributed by atoms with Crippen LogP contribution in [0.5, 0.6) is 34.5 Å². The quantitative estimate of drug-likeness (QED) is 0.762. The molecule has 4 aliphatic heterocycles. The van der Waals surface area contributed by atoms with E-state index in [1.54, 1.807) is 0 Å². The molecule has 6 heteroatoms. The van der Waals surface area contributed by atoms with E-state index in [4.69, 9.17) is 23.7 Å². The largest absolute Gasteiger partial charge is 0.507 e. The maximum atomic E-state index is 11.0. The van der Waals surface area contributed by atoms with Crippen LogP contribution in [0, 0.1) is 0 Å². The van der Waals surface area contributed by atoms with Gasteiger partial charge >= 0.3 is 0 Å². The first-order chi connectivity index (χ1) is 13.0. The van der Waals surface area contributed by atoms with Crippen molar-refractivity contribution in [3.8, 4) is 34.5 Å². The molecule has 6 nitrogen and oxygen atoms in total. The van der Waals surface area contributed by atoms with Gasteiger partial charge in [-0.2, -0.15) is 0 Å². The summed E-state index contributed by atoms with van der Waals surface area (Å²) in [5.74, 6) is 3.50. The zero-order chi connectivity index (χ0) is 18.3. The molecule has 0 radical (unpaired) electrons. The maximum Gasteiger partial charge on any atom is 0.231 e. The van der Waals surface area contributed by atoms with E-state index in [0.717, 1.165) is 17.1 Å². The van der Waals surface area contributed by atoms with Crippen molar-refractivity contribution in [3.05, 3.63) is 41.0 Å². The SMILES string of the molecule is CC1(C)C=Cc2c(cc3c(c2O)C2Oc4cc5c(cc4C2CO3)OCO5)O1. The Labute approximate surface area is 155 Å². The molecule has 4 aliphatic rings. The average molecular weight is 366 g/mol. The lowest BCUT2D eigenvalue weighted by atomic mass is 9.87. The van der Waals surface area contributed by atoms with Crippen molar-refractivity contribution in [1.82, 2.24) is 0 Å². The zero-order valence-corrected chi connectivity index (χ0v) is 14.9. The minimum absolute atomic E-state index is 0.0177. The maximum absolute atomic E-state index is 11.0. The summed E-state index contributed by atoms with van der Waals surface area (Å²) in [7, 11) is 0. The first-order valence-corrected chi connectivity index (χ1v) is 9.01. The predicted octanol–water partition coefficient (Wildman–Crippen LogP) is 3.91. The molecule has 0 aromatic heterocycles. The van der Waals surface area contributed by atoms with Crippen LogP contribution in [-0.2, 0) is 0 Å². The summed E-state index contributed by atoms with van der Waals surface area (Å²) in [5.41, 5.74) is 1.91. The van der Waals surface area contributed by atoms with E-state index >= 15 is 0 Å². The highest BCUT2D eigenvalue weighted by Crippen LogP contribution is 2.58. The van der Waals surface area contributed by atoms with Crippen molar-refractivity contribution < 1.29 is 28.8 Å². The Balaban J connectivity index is 1.47. The summed E-state index contributed by atoms with van der Waals surface area (Å²) < 4.78 is 29.2. The van der Waals surface area contributed by atoms with Gasteiger partial charge in [-0.25, -0.2) is 0 Å². The van der Waals surface area contributed by atoms with E-state index in [1.807, 2.05) is 44.2 Å². The van der Waals surface area contributed by atoms with Crippen molar-refractivity contribution >= 4 is 6.08 Å². The monoisotopic (exact) mass is 366 g/mol. The summed E-state index contributed by atoms with van der Waals surface area (Å²) in [6.07, 6.45) is 3.52. The van der Waals surface area contributed by atoms with Crippen LogP contribution in [0.25, 0.3) is 6.08 Å². The normalized spacial score (nSPS) is 24.7. The zero-order valence-electron chi connectivity index (χ0n) is 14.9. The Bertz CT molecular complexity index is 1020. The lowest BCUT2D eigenvalue weighted by Crippen LogP contribution is -2.28. The molecule has 1 N–H and O–H groups in total. The third-order valence-electron chi connectivity index (χ3n) is 5.55. The fourth-order valence-electron chi connectivity index (χ4n) is 4.22. The standard InChI is InChI=1S/C21H18O6/c1-21(2)4-3-10-14(27-21)7-17-18(19(10)22)20-12(8-23-17)11-5-15-16(25-9-24-15)6-13(11)26-20/h3-7,12,20,22H,8-9H2,1-2H3. The predicted molar refractivity (Wildman–Crippen MR) is 96.0 cm³/mol. The number of aromatic hydroxyl groups is 1. The molecule has 2 unspecified atom stereocenters. The summed E-state index contributed by atoms with van der Waals surface area (Å²) >= 11 is 0. The van der Waals surface area contributed by atoms with Crippen LogP contribution in [0.15, 0.2) is 24.3 Å². The second-order valence-electron chi connectivity index (χ2n) is 7.79. The van der Waals surface area contributed by atoms with Gasteiger partial charge in [0.1, 0.15) is 34.7 Å². The Morgan fingerprint density at radius 2 is 1.74 bits per heavy atom. The molecule has 27 heavy (non-hydrogen) atoms. The van der Waals surface area contributed by atoms with E-state index < -0.39 is 5.60 Å². The third-order valence-corrected chi connectivity index (χ3v) is 5.55. The summed E-state index contributed by atoms with van der Waals surface area (Å²) in [4.78, 5) is 0. The number of phenolic OH excluding ortho intramolecular Hbond substituents is 1. The smallest absolute Gasteiger partial charge is 0.231 e. The summed E-state index contributed by atoms with van der Waals surface area (Å²) in [6.45, 7) is 4.63. The molecule has 2 atom stereocenters. The van der Waals surface area contributed by atoms with Crippen LogP contribution >= 0.6 is 0 Å². The van der Waals surface area contributed by atoms with Gasteiger partial charge in [0.05, 0.1) is 23.7 Å². The van der Waals surface area contributed by atoms with E-state index in [-0.39, 0.29) is 24.6 Å². The number of hydrogen-bond acceptors (Lipinski definition) is 6. The number of ether oxygens (including phenoxy) is 5. The minimum Gasteiger partial charge on any atom is -0.507 e. The Kier molecular flexibility index (Phi) is 2.69. The second kappa shape index (κ2) is 4.82. The molecular formula is C21H18O6. The van der Waals surface area contributed by atoms with Crippen molar-refractivity contribution in [2.45, 2.75) is 31.5 Å². The number of phenols is 1. The molecular weight excluding hydrogens is 348 g/mol. The minimum atomic E-state index is -0.425. The molecule has 2 aromatic carbocycles. The Morgan fingerprint density at radius 1 is 0.963 bits per heavy atom. The summed E-state index contributed by atoms with van der Waals surface area (Å²) in [5, 5.41) is 11.0. The molecule has 0 bridgehead atoms. The van der Waals surface area contributed by atoms with E-state index in [0.29, 0.717) is 35.0 Å². The highest BCUT2D eigenvalue weighted by atomic mass is 16.7. The average Bonchev–Trinajstić information content (AvgIpc) is 3.21. The fraction of sp³-hybridized carbons (Fsp3) is 0.333. The van der Waals surface area contributed by atoms with Crippen LogP contribution in [0.3, 0.4) is 0 Å². The molecule has 138 valence electrons. The van der Waals surface area contributed by atoms with Crippen molar-refractivity contribution in [1.29, 1.82) is 0 Å². The molecule has 4 heterocycles. The Hall–Kier alpha value is -3.02. The van der Waals surface area contributed by atoms with Gasteiger partial charge in [0.2, 0.25) is 6.79 Å². The fourth-order valence-corrected chi connectivity index (χ4v) is 4.22. The van der Waals surface area contributed by atoms with E-state index in [1.165, 1.54) is 0 Å². The van der Waals surface area contributed by atoms with Crippen LogP contribution < -0.4 is 23.7 Å². The number of fused-ring (bicyclic) bond motifs is 7. The van der Waals surface area contributed by atoms with Crippen LogP contribution in [0.2, 0.25) is 0 Å². The van der Waals surface area contributed by atoms with Crippen molar-refractivity contribution in [3.63, 3.8) is 0 Å². The van der Waals surface area contributed by atoms with Crippen molar-refractivity contribution in [2.75, 3.05) is 13.4 Å². The van der Waals surface area contributed by atoms with Gasteiger partial charge in [0.15, 0.2) is 11.5 Å². The van der Waals surface area contributed by atoms with Crippen LogP contribution in [0.1, 0.15) is 42.6 Å². The van der Waals surface area contributed by atoms with Gasteiger partial charge in [0.25, 0.3) is 0 Å². The van der Waals surface area contributed by atoms with Crippen LogP contribution in [0.4, 0.5) is 0 Å². The third kappa shape index (κ3) is 2.01. The number of hydrogen-bond donors (Lipinski definition) is 1. The van der Waals surface area contributed by atoms with Gasteiger partial charge in [-0.05, 0) is 32.1 Å². The Morgan fingerprint density at radius 3 is 2.59 bits per heavy atom. The van der Waals surface area contributed by atoms with E-state index in [2.05, 4.69) is 0 Å². The topological polar surface area (TPSA) is 66.4 Å². The van der Waals surface area contributed by atoms with Gasteiger partial charge in [-0.1, -0.05) is 0 Å². The first-order valence-electron chi connectivity index (χ1n) is 9.01. The molecule has 0 spiro atoms. The highest BCUT2D eigenvalue weighted by molar-refractivity contribution is 5.73. The molecule has 6 rings (SSSR count). The molecule has 0 saturated heterocycles. The molecule has 2 aromatic rings. The first kappa shape index (κ1) is 15.1. The molecule has 0 saturated carbocycles. The summed E-state index contributed by atoms with van der Waals surface area (Å²) in [6, 6.07) is 5.67. The molecule has 0 amide bonds. The van der Waals surface area contributed by atoms with Gasteiger partial charge < -0.3 is 28.8 Å². The van der Waals surface area contributed by atoms with Crippen molar-refractivity contribution in [2.24, 2.45) is 0 Å². The molecule has 0 aliphatic carbocycles.